The fourth-order valence-corrected chi connectivity index (χ4v) is 2.85. The molecular weight excluding hydrogens is 342 g/mol. The molecule has 1 aliphatic rings. The molecule has 1 aromatic heterocycles. The first kappa shape index (κ1) is 13.6. The van der Waals surface area contributed by atoms with Gasteiger partial charge >= 0.3 is 0 Å². The van der Waals surface area contributed by atoms with Crippen LogP contribution in [0.3, 0.4) is 0 Å². The first-order valence-electron chi connectivity index (χ1n) is 6.34. The third-order valence-corrected chi connectivity index (χ3v) is 4.25. The Labute approximate surface area is 130 Å². The molecule has 0 bridgehead atoms. The van der Waals surface area contributed by atoms with Gasteiger partial charge in [-0.2, -0.15) is 5.10 Å². The zero-order valence-electron chi connectivity index (χ0n) is 10.7. The molecule has 1 fully saturated rings. The van der Waals surface area contributed by atoms with E-state index in [0.717, 1.165) is 15.8 Å². The van der Waals surface area contributed by atoms with Gasteiger partial charge < -0.3 is 4.90 Å². The molecule has 2 aromatic rings. The van der Waals surface area contributed by atoms with Gasteiger partial charge in [0.2, 0.25) is 5.91 Å². The molecule has 1 atom stereocenters. The van der Waals surface area contributed by atoms with Gasteiger partial charge in [0, 0.05) is 30.7 Å². The van der Waals surface area contributed by atoms with Gasteiger partial charge in [0.1, 0.15) is 0 Å². The summed E-state index contributed by atoms with van der Waals surface area (Å²) in [6, 6.07) is 7.80. The third kappa shape index (κ3) is 2.60. The number of hydrogen-bond acceptors (Lipinski definition) is 2. The monoisotopic (exact) mass is 353 g/mol. The molecule has 3 rings (SSSR count). The van der Waals surface area contributed by atoms with Crippen molar-refractivity contribution in [1.29, 1.82) is 0 Å². The highest BCUT2D eigenvalue weighted by Gasteiger charge is 2.29. The fourth-order valence-electron chi connectivity index (χ4n) is 2.36. The molecule has 6 heteroatoms. The SMILES string of the molecule is O=C1CC(CCl)CN1c1ccc(-n2cc(Br)cn2)cc1. The van der Waals surface area contributed by atoms with E-state index in [1.165, 1.54) is 0 Å². The van der Waals surface area contributed by atoms with E-state index in [1.54, 1.807) is 15.8 Å². The quantitative estimate of drug-likeness (QED) is 0.794. The summed E-state index contributed by atoms with van der Waals surface area (Å²) in [5.41, 5.74) is 1.87. The first-order valence-corrected chi connectivity index (χ1v) is 7.67. The molecule has 0 aliphatic carbocycles. The summed E-state index contributed by atoms with van der Waals surface area (Å²) >= 11 is 9.21. The summed E-state index contributed by atoms with van der Waals surface area (Å²) in [4.78, 5) is 13.7. The van der Waals surface area contributed by atoms with E-state index in [9.17, 15) is 4.79 Å². The smallest absolute Gasteiger partial charge is 0.227 e. The molecule has 1 saturated heterocycles. The maximum atomic E-state index is 11.9. The average molecular weight is 355 g/mol. The van der Waals surface area contributed by atoms with Gasteiger partial charge in [-0.25, -0.2) is 4.68 Å². The van der Waals surface area contributed by atoms with Crippen LogP contribution in [0.4, 0.5) is 5.69 Å². The predicted octanol–water partition coefficient (Wildman–Crippen LogP) is 3.23. The highest BCUT2D eigenvalue weighted by molar-refractivity contribution is 9.10. The van der Waals surface area contributed by atoms with E-state index in [1.807, 2.05) is 30.5 Å². The zero-order chi connectivity index (χ0) is 14.1. The lowest BCUT2D eigenvalue weighted by Gasteiger charge is -2.16. The first-order chi connectivity index (χ1) is 9.67. The van der Waals surface area contributed by atoms with E-state index in [2.05, 4.69) is 21.0 Å². The Morgan fingerprint density at radius 2 is 2.00 bits per heavy atom. The van der Waals surface area contributed by atoms with Crippen molar-refractivity contribution < 1.29 is 4.79 Å². The van der Waals surface area contributed by atoms with Gasteiger partial charge in [0.05, 0.1) is 16.4 Å². The third-order valence-electron chi connectivity index (χ3n) is 3.40. The number of benzene rings is 1. The Bertz CT molecular complexity index is 626. The lowest BCUT2D eigenvalue weighted by Crippen LogP contribution is -2.24. The number of rotatable bonds is 3. The van der Waals surface area contributed by atoms with E-state index >= 15 is 0 Å². The number of anilines is 1. The van der Waals surface area contributed by atoms with Crippen LogP contribution in [-0.2, 0) is 4.79 Å². The molecule has 1 aliphatic heterocycles. The lowest BCUT2D eigenvalue weighted by atomic mass is 10.1. The highest BCUT2D eigenvalue weighted by atomic mass is 79.9. The number of alkyl halides is 1. The van der Waals surface area contributed by atoms with E-state index in [4.69, 9.17) is 11.6 Å². The Morgan fingerprint density at radius 3 is 2.55 bits per heavy atom. The second-order valence-electron chi connectivity index (χ2n) is 4.85. The van der Waals surface area contributed by atoms with Crippen molar-refractivity contribution in [3.8, 4) is 5.69 Å². The van der Waals surface area contributed by atoms with Gasteiger partial charge in [0.15, 0.2) is 0 Å². The number of aromatic nitrogens is 2. The molecule has 0 saturated carbocycles. The van der Waals surface area contributed by atoms with Gasteiger partial charge in [-0.3, -0.25) is 4.79 Å². The lowest BCUT2D eigenvalue weighted by molar-refractivity contribution is -0.117. The second kappa shape index (κ2) is 5.58. The van der Waals surface area contributed by atoms with Crippen molar-refractivity contribution in [2.45, 2.75) is 6.42 Å². The van der Waals surface area contributed by atoms with Crippen LogP contribution < -0.4 is 4.90 Å². The predicted molar refractivity (Wildman–Crippen MR) is 82.4 cm³/mol. The Morgan fingerprint density at radius 1 is 1.30 bits per heavy atom. The van der Waals surface area contributed by atoms with Crippen molar-refractivity contribution in [2.24, 2.45) is 5.92 Å². The Balaban J connectivity index is 1.81. The van der Waals surface area contributed by atoms with Crippen molar-refractivity contribution in [1.82, 2.24) is 9.78 Å². The van der Waals surface area contributed by atoms with Crippen LogP contribution >= 0.6 is 27.5 Å². The van der Waals surface area contributed by atoms with Crippen molar-refractivity contribution in [2.75, 3.05) is 17.3 Å². The van der Waals surface area contributed by atoms with E-state index < -0.39 is 0 Å². The molecular formula is C14H13BrClN3O. The van der Waals surface area contributed by atoms with Crippen molar-refractivity contribution >= 4 is 39.1 Å². The fraction of sp³-hybridized carbons (Fsp3) is 0.286. The molecule has 0 spiro atoms. The second-order valence-corrected chi connectivity index (χ2v) is 6.07. The van der Waals surface area contributed by atoms with E-state index in [-0.39, 0.29) is 11.8 Å². The van der Waals surface area contributed by atoms with Gasteiger partial charge in [0.25, 0.3) is 0 Å². The van der Waals surface area contributed by atoms with Gasteiger partial charge in [-0.05, 0) is 46.1 Å². The molecule has 1 amide bonds. The van der Waals surface area contributed by atoms with Crippen LogP contribution in [-0.4, -0.2) is 28.1 Å². The molecule has 0 N–H and O–H groups in total. The summed E-state index contributed by atoms with van der Waals surface area (Å²) in [5, 5.41) is 4.23. The maximum absolute atomic E-state index is 11.9. The van der Waals surface area contributed by atoms with Crippen LogP contribution in [0, 0.1) is 5.92 Å². The number of amides is 1. The summed E-state index contributed by atoms with van der Waals surface area (Å²) in [7, 11) is 0. The minimum absolute atomic E-state index is 0.144. The standard InChI is InChI=1S/C14H13BrClN3O/c15-11-7-17-19(9-11)13-3-1-12(2-4-13)18-8-10(6-16)5-14(18)20/h1-4,7,9-10H,5-6,8H2. The minimum atomic E-state index is 0.144. The van der Waals surface area contributed by atoms with Crippen LogP contribution in [0.1, 0.15) is 6.42 Å². The molecule has 20 heavy (non-hydrogen) atoms. The highest BCUT2D eigenvalue weighted by Crippen LogP contribution is 2.26. The molecule has 0 radical (unpaired) electrons. The van der Waals surface area contributed by atoms with Crippen LogP contribution in [0.5, 0.6) is 0 Å². The summed E-state index contributed by atoms with van der Waals surface area (Å²) in [6.45, 7) is 0.703. The van der Waals surface area contributed by atoms with Gasteiger partial charge in [-0.1, -0.05) is 0 Å². The van der Waals surface area contributed by atoms with Gasteiger partial charge in [-0.15, -0.1) is 11.6 Å². The summed E-state index contributed by atoms with van der Waals surface area (Å²) in [6.07, 6.45) is 4.17. The number of hydrogen-bond donors (Lipinski definition) is 0. The number of nitrogens with zero attached hydrogens (tertiary/aromatic N) is 3. The molecule has 2 heterocycles. The Hall–Kier alpha value is -1.33. The van der Waals surface area contributed by atoms with Crippen molar-refractivity contribution in [3.05, 3.63) is 41.1 Å². The molecule has 1 unspecified atom stereocenters. The van der Waals surface area contributed by atoms with Crippen molar-refractivity contribution in [3.63, 3.8) is 0 Å². The van der Waals surface area contributed by atoms with Crippen LogP contribution in [0.25, 0.3) is 5.69 Å². The summed E-state index contributed by atoms with van der Waals surface area (Å²) < 4.78 is 2.71. The normalized spacial score (nSPS) is 18.8. The largest absolute Gasteiger partial charge is 0.312 e. The molecule has 1 aromatic carbocycles. The molecule has 4 nitrogen and oxygen atoms in total. The van der Waals surface area contributed by atoms with Crippen LogP contribution in [0.15, 0.2) is 41.1 Å². The zero-order valence-corrected chi connectivity index (χ0v) is 13.0. The topological polar surface area (TPSA) is 38.1 Å². The maximum Gasteiger partial charge on any atom is 0.227 e. The minimum Gasteiger partial charge on any atom is -0.312 e. The number of carbonyl (C=O) groups is 1. The van der Waals surface area contributed by atoms with Crippen LogP contribution in [0.2, 0.25) is 0 Å². The average Bonchev–Trinajstić information content (AvgIpc) is 3.05. The number of carbonyl (C=O) groups excluding carboxylic acids is 1. The summed E-state index contributed by atoms with van der Waals surface area (Å²) in [5.74, 6) is 0.929. The molecule has 104 valence electrons. The number of halogens is 2. The Kier molecular flexibility index (Phi) is 3.81. The van der Waals surface area contributed by atoms with E-state index in [0.29, 0.717) is 18.8 Å².